The molecule has 0 saturated heterocycles. The molecule has 0 unspecified atom stereocenters. The highest BCUT2D eigenvalue weighted by molar-refractivity contribution is 6.33. The van der Waals surface area contributed by atoms with Crippen molar-refractivity contribution in [3.8, 4) is 17.4 Å². The van der Waals surface area contributed by atoms with E-state index in [1.165, 1.54) is 30.3 Å². The summed E-state index contributed by atoms with van der Waals surface area (Å²) < 4.78 is 5.60. The van der Waals surface area contributed by atoms with E-state index >= 15 is 0 Å². The summed E-state index contributed by atoms with van der Waals surface area (Å²) >= 11 is 12.0. The summed E-state index contributed by atoms with van der Waals surface area (Å²) in [6, 6.07) is 15.3. The fraction of sp³-hybridized carbons (Fsp3) is 0. The van der Waals surface area contributed by atoms with Gasteiger partial charge in [0, 0.05) is 34.5 Å². The van der Waals surface area contributed by atoms with Crippen molar-refractivity contribution in [1.29, 1.82) is 5.26 Å². The Kier molecular flexibility index (Phi) is 5.98. The third kappa shape index (κ3) is 4.82. The zero-order valence-electron chi connectivity index (χ0n) is 14.6. The second-order valence-corrected chi connectivity index (χ2v) is 6.60. The Morgan fingerprint density at radius 1 is 1.17 bits per heavy atom. The van der Waals surface area contributed by atoms with Crippen LogP contribution in [-0.4, -0.2) is 10.8 Å². The number of hydrogen-bond donors (Lipinski definition) is 1. The summed E-state index contributed by atoms with van der Waals surface area (Å²) in [5.74, 6) is -0.168. The summed E-state index contributed by atoms with van der Waals surface area (Å²) in [5, 5.41) is 23.6. The average molecular weight is 428 g/mol. The monoisotopic (exact) mass is 427 g/mol. The van der Waals surface area contributed by atoms with Crippen molar-refractivity contribution >= 4 is 46.6 Å². The SMILES string of the molecule is N#C/C(=C\c1ccc(-c2cc([N+](=O)[O-])ccc2Cl)o1)C(=O)Nc1cccc(Cl)c1. The molecule has 7 nitrogen and oxygen atoms in total. The molecule has 0 radical (unpaired) electrons. The summed E-state index contributed by atoms with van der Waals surface area (Å²) in [6.07, 6.45) is 1.26. The minimum absolute atomic E-state index is 0.142. The Bertz CT molecular complexity index is 1180. The predicted octanol–water partition coefficient (Wildman–Crippen LogP) is 5.71. The van der Waals surface area contributed by atoms with Crippen molar-refractivity contribution in [2.75, 3.05) is 5.32 Å². The van der Waals surface area contributed by atoms with Gasteiger partial charge >= 0.3 is 0 Å². The molecule has 0 aliphatic heterocycles. The fourth-order valence-corrected chi connectivity index (χ4v) is 2.85. The summed E-state index contributed by atoms with van der Waals surface area (Å²) in [6.45, 7) is 0. The van der Waals surface area contributed by atoms with Crippen molar-refractivity contribution in [1.82, 2.24) is 0 Å². The van der Waals surface area contributed by atoms with Crippen LogP contribution in [0.1, 0.15) is 5.76 Å². The lowest BCUT2D eigenvalue weighted by molar-refractivity contribution is -0.384. The number of nitrogens with one attached hydrogen (secondary N) is 1. The summed E-state index contributed by atoms with van der Waals surface area (Å²) in [4.78, 5) is 22.7. The zero-order chi connectivity index (χ0) is 21.0. The van der Waals surface area contributed by atoms with Crippen LogP contribution in [0.3, 0.4) is 0 Å². The number of nitro groups is 1. The molecular weight excluding hydrogens is 417 g/mol. The van der Waals surface area contributed by atoms with Crippen molar-refractivity contribution in [2.24, 2.45) is 0 Å². The van der Waals surface area contributed by atoms with Gasteiger partial charge in [-0.3, -0.25) is 14.9 Å². The van der Waals surface area contributed by atoms with Crippen molar-refractivity contribution in [2.45, 2.75) is 0 Å². The number of nitrogens with zero attached hydrogens (tertiary/aromatic N) is 2. The molecule has 9 heteroatoms. The maximum absolute atomic E-state index is 12.3. The van der Waals surface area contributed by atoms with Crippen LogP contribution in [0.5, 0.6) is 0 Å². The lowest BCUT2D eigenvalue weighted by Crippen LogP contribution is -2.13. The first-order valence-corrected chi connectivity index (χ1v) is 8.86. The maximum atomic E-state index is 12.3. The topological polar surface area (TPSA) is 109 Å². The van der Waals surface area contributed by atoms with Gasteiger partial charge in [-0.2, -0.15) is 5.26 Å². The smallest absolute Gasteiger partial charge is 0.270 e. The number of nitriles is 1. The van der Waals surface area contributed by atoms with Crippen molar-refractivity contribution in [3.05, 3.63) is 86.1 Å². The third-order valence-electron chi connectivity index (χ3n) is 3.79. The lowest BCUT2D eigenvalue weighted by atomic mass is 10.1. The number of carbonyl (C=O) groups excluding carboxylic acids is 1. The number of carbonyl (C=O) groups is 1. The van der Waals surface area contributed by atoms with Gasteiger partial charge in [0.1, 0.15) is 23.2 Å². The molecule has 0 atom stereocenters. The number of non-ortho nitro benzene ring substituents is 1. The molecule has 2 aromatic carbocycles. The van der Waals surface area contributed by atoms with Crippen LogP contribution in [-0.2, 0) is 4.79 Å². The molecule has 144 valence electrons. The van der Waals surface area contributed by atoms with Gasteiger partial charge in [-0.1, -0.05) is 29.3 Å². The van der Waals surface area contributed by atoms with E-state index in [0.717, 1.165) is 0 Å². The highest BCUT2D eigenvalue weighted by Gasteiger charge is 2.15. The van der Waals surface area contributed by atoms with Crippen LogP contribution < -0.4 is 5.32 Å². The van der Waals surface area contributed by atoms with E-state index in [1.807, 2.05) is 6.07 Å². The Labute approximate surface area is 174 Å². The molecule has 29 heavy (non-hydrogen) atoms. The number of nitro benzene ring substituents is 1. The molecule has 0 bridgehead atoms. The lowest BCUT2D eigenvalue weighted by Gasteiger charge is -2.04. The van der Waals surface area contributed by atoms with Gasteiger partial charge in [0.05, 0.1) is 9.95 Å². The molecule has 0 aliphatic carbocycles. The normalized spacial score (nSPS) is 11.0. The summed E-state index contributed by atoms with van der Waals surface area (Å²) in [5.41, 5.74) is 0.419. The van der Waals surface area contributed by atoms with Crippen molar-refractivity contribution < 1.29 is 14.1 Å². The molecule has 1 N–H and O–H groups in total. The Hall–Kier alpha value is -3.60. The third-order valence-corrected chi connectivity index (χ3v) is 4.35. The van der Waals surface area contributed by atoms with Crippen LogP contribution in [0.4, 0.5) is 11.4 Å². The van der Waals surface area contributed by atoms with Crippen LogP contribution in [0.2, 0.25) is 10.0 Å². The molecule has 0 spiro atoms. The molecule has 1 heterocycles. The van der Waals surface area contributed by atoms with Crippen LogP contribution >= 0.6 is 23.2 Å². The minimum atomic E-state index is -0.638. The van der Waals surface area contributed by atoms with Crippen LogP contribution in [0, 0.1) is 21.4 Å². The number of halogens is 2. The number of amides is 1. The summed E-state index contributed by atoms with van der Waals surface area (Å²) in [7, 11) is 0. The molecule has 0 aliphatic rings. The van der Waals surface area contributed by atoms with Gasteiger partial charge in [-0.25, -0.2) is 0 Å². The van der Waals surface area contributed by atoms with E-state index in [1.54, 1.807) is 30.3 Å². The Morgan fingerprint density at radius 3 is 2.66 bits per heavy atom. The van der Waals surface area contributed by atoms with Crippen LogP contribution in [0.25, 0.3) is 17.4 Å². The van der Waals surface area contributed by atoms with E-state index in [2.05, 4.69) is 5.32 Å². The first-order chi connectivity index (χ1) is 13.9. The molecule has 1 aromatic heterocycles. The Morgan fingerprint density at radius 2 is 1.97 bits per heavy atom. The highest BCUT2D eigenvalue weighted by Crippen LogP contribution is 2.33. The molecule has 0 saturated carbocycles. The number of furan rings is 1. The second-order valence-electron chi connectivity index (χ2n) is 5.76. The van der Waals surface area contributed by atoms with Gasteiger partial charge in [-0.05, 0) is 36.4 Å². The van der Waals surface area contributed by atoms with E-state index < -0.39 is 10.8 Å². The number of benzene rings is 2. The predicted molar refractivity (Wildman–Crippen MR) is 109 cm³/mol. The van der Waals surface area contributed by atoms with Gasteiger partial charge in [-0.15, -0.1) is 0 Å². The highest BCUT2D eigenvalue weighted by atomic mass is 35.5. The largest absolute Gasteiger partial charge is 0.457 e. The maximum Gasteiger partial charge on any atom is 0.270 e. The first kappa shape index (κ1) is 20.1. The van der Waals surface area contributed by atoms with E-state index in [9.17, 15) is 20.2 Å². The minimum Gasteiger partial charge on any atom is -0.457 e. The molecule has 1 amide bonds. The molecule has 0 fully saturated rings. The molecule has 3 aromatic rings. The first-order valence-electron chi connectivity index (χ1n) is 8.10. The quantitative estimate of drug-likeness (QED) is 0.242. The van der Waals surface area contributed by atoms with Crippen molar-refractivity contribution in [3.63, 3.8) is 0 Å². The fourth-order valence-electron chi connectivity index (χ4n) is 2.45. The standard InChI is InChI=1S/C20H11Cl2N3O4/c21-13-2-1-3-14(9-13)24-20(26)12(11-23)8-16-5-7-19(29-16)17-10-15(25(27)28)4-6-18(17)22/h1-10H,(H,24,26)/b12-8+. The van der Waals surface area contributed by atoms with Gasteiger partial charge < -0.3 is 9.73 Å². The number of anilines is 1. The second kappa shape index (κ2) is 8.61. The van der Waals surface area contributed by atoms with E-state index in [4.69, 9.17) is 27.6 Å². The van der Waals surface area contributed by atoms with E-state index in [-0.39, 0.29) is 27.8 Å². The van der Waals surface area contributed by atoms with Gasteiger partial charge in [0.15, 0.2) is 0 Å². The number of hydrogen-bond acceptors (Lipinski definition) is 5. The Balaban J connectivity index is 1.86. The van der Waals surface area contributed by atoms with Crippen LogP contribution in [0.15, 0.2) is 64.6 Å². The zero-order valence-corrected chi connectivity index (χ0v) is 16.1. The molecular formula is C20H11Cl2N3O4. The average Bonchev–Trinajstić information content (AvgIpc) is 3.14. The van der Waals surface area contributed by atoms with Gasteiger partial charge in [0.25, 0.3) is 11.6 Å². The van der Waals surface area contributed by atoms with Gasteiger partial charge in [0.2, 0.25) is 0 Å². The molecule has 3 rings (SSSR count). The number of rotatable bonds is 5. The van der Waals surface area contributed by atoms with E-state index in [0.29, 0.717) is 16.3 Å².